The van der Waals surface area contributed by atoms with Crippen molar-refractivity contribution in [2.24, 2.45) is 0 Å². The van der Waals surface area contributed by atoms with Crippen LogP contribution in [0.3, 0.4) is 0 Å². The number of hydrogen-bond donors (Lipinski definition) is 1. The molecule has 1 aliphatic rings. The zero-order valence-corrected chi connectivity index (χ0v) is 13.3. The van der Waals surface area contributed by atoms with E-state index >= 15 is 0 Å². The SMILES string of the molecule is CCC(=O)c1ccc(OCC(=O)NC2CCCCCC2)cc1. The first-order chi connectivity index (χ1) is 10.7. The molecule has 0 aliphatic heterocycles. The van der Waals surface area contributed by atoms with E-state index in [9.17, 15) is 9.59 Å². The van der Waals surface area contributed by atoms with Crippen LogP contribution in [0.25, 0.3) is 0 Å². The summed E-state index contributed by atoms with van der Waals surface area (Å²) in [6.45, 7) is 1.86. The number of amides is 1. The van der Waals surface area contributed by atoms with Crippen LogP contribution in [-0.2, 0) is 4.79 Å². The summed E-state index contributed by atoms with van der Waals surface area (Å²) < 4.78 is 5.49. The number of carbonyl (C=O) groups is 2. The third-order valence-electron chi connectivity index (χ3n) is 4.09. The number of rotatable bonds is 6. The van der Waals surface area contributed by atoms with Gasteiger partial charge in [-0.15, -0.1) is 0 Å². The topological polar surface area (TPSA) is 55.4 Å². The van der Waals surface area contributed by atoms with Gasteiger partial charge in [0.2, 0.25) is 0 Å². The van der Waals surface area contributed by atoms with Gasteiger partial charge in [0.1, 0.15) is 5.75 Å². The molecule has 0 unspecified atom stereocenters. The molecule has 4 nitrogen and oxygen atoms in total. The smallest absolute Gasteiger partial charge is 0.258 e. The number of benzene rings is 1. The highest BCUT2D eigenvalue weighted by Crippen LogP contribution is 2.17. The Hall–Kier alpha value is -1.84. The number of Topliss-reactive ketones (excluding diaryl/α,β-unsaturated/α-hetero) is 1. The van der Waals surface area contributed by atoms with Crippen LogP contribution < -0.4 is 10.1 Å². The molecule has 1 aliphatic carbocycles. The molecule has 0 heterocycles. The molecule has 0 saturated heterocycles. The molecule has 0 radical (unpaired) electrons. The summed E-state index contributed by atoms with van der Waals surface area (Å²) in [7, 11) is 0. The van der Waals surface area contributed by atoms with Crippen molar-refractivity contribution in [3.05, 3.63) is 29.8 Å². The third-order valence-corrected chi connectivity index (χ3v) is 4.09. The monoisotopic (exact) mass is 303 g/mol. The van der Waals surface area contributed by atoms with E-state index in [1.54, 1.807) is 24.3 Å². The maximum atomic E-state index is 11.9. The first kappa shape index (κ1) is 16.5. The molecule has 0 atom stereocenters. The summed E-state index contributed by atoms with van der Waals surface area (Å²) >= 11 is 0. The molecule has 4 heteroatoms. The predicted molar refractivity (Wildman–Crippen MR) is 86.2 cm³/mol. The second-order valence-corrected chi connectivity index (χ2v) is 5.85. The standard InChI is InChI=1S/C18H25NO3/c1-2-17(20)14-9-11-16(12-10-14)22-13-18(21)19-15-7-5-3-4-6-8-15/h9-12,15H,2-8,13H2,1H3,(H,19,21). The van der Waals surface area contributed by atoms with Gasteiger partial charge in [-0.1, -0.05) is 32.6 Å². The van der Waals surface area contributed by atoms with Crippen LogP contribution in [0.4, 0.5) is 0 Å². The van der Waals surface area contributed by atoms with Crippen LogP contribution >= 0.6 is 0 Å². The number of carbonyl (C=O) groups excluding carboxylic acids is 2. The predicted octanol–water partition coefficient (Wildman–Crippen LogP) is 3.50. The average Bonchev–Trinajstić information content (AvgIpc) is 2.81. The zero-order valence-electron chi connectivity index (χ0n) is 13.3. The number of nitrogens with one attached hydrogen (secondary N) is 1. The summed E-state index contributed by atoms with van der Waals surface area (Å²) in [6.07, 6.45) is 7.55. The van der Waals surface area contributed by atoms with Crippen LogP contribution in [0.15, 0.2) is 24.3 Å². The van der Waals surface area contributed by atoms with Crippen molar-refractivity contribution in [1.29, 1.82) is 0 Å². The number of hydrogen-bond acceptors (Lipinski definition) is 3. The fourth-order valence-corrected chi connectivity index (χ4v) is 2.78. The van der Waals surface area contributed by atoms with E-state index in [-0.39, 0.29) is 18.3 Å². The zero-order chi connectivity index (χ0) is 15.8. The Balaban J connectivity index is 1.76. The van der Waals surface area contributed by atoms with Gasteiger partial charge in [0.05, 0.1) is 0 Å². The highest BCUT2D eigenvalue weighted by atomic mass is 16.5. The molecule has 0 bridgehead atoms. The highest BCUT2D eigenvalue weighted by molar-refractivity contribution is 5.95. The largest absolute Gasteiger partial charge is 0.484 e. The van der Waals surface area contributed by atoms with E-state index in [1.807, 2.05) is 6.92 Å². The lowest BCUT2D eigenvalue weighted by molar-refractivity contribution is -0.123. The Morgan fingerprint density at radius 2 is 1.73 bits per heavy atom. The second-order valence-electron chi connectivity index (χ2n) is 5.85. The molecule has 2 rings (SSSR count). The first-order valence-corrected chi connectivity index (χ1v) is 8.24. The molecule has 0 aromatic heterocycles. The molecule has 1 amide bonds. The Morgan fingerprint density at radius 1 is 1.09 bits per heavy atom. The van der Waals surface area contributed by atoms with Crippen LogP contribution in [0.1, 0.15) is 62.2 Å². The van der Waals surface area contributed by atoms with E-state index in [4.69, 9.17) is 4.74 Å². The summed E-state index contributed by atoms with van der Waals surface area (Å²) in [5.74, 6) is 0.655. The van der Waals surface area contributed by atoms with Gasteiger partial charge in [-0.25, -0.2) is 0 Å². The van der Waals surface area contributed by atoms with Crippen molar-refractivity contribution in [3.63, 3.8) is 0 Å². The highest BCUT2D eigenvalue weighted by Gasteiger charge is 2.14. The Labute approximate surface area is 132 Å². The molecule has 120 valence electrons. The van der Waals surface area contributed by atoms with Crippen molar-refractivity contribution in [2.75, 3.05) is 6.61 Å². The van der Waals surface area contributed by atoms with Gasteiger partial charge >= 0.3 is 0 Å². The minimum absolute atomic E-state index is 0.0254. The molecule has 22 heavy (non-hydrogen) atoms. The summed E-state index contributed by atoms with van der Waals surface area (Å²) in [5.41, 5.74) is 0.678. The van der Waals surface area contributed by atoms with Gasteiger partial charge in [0.25, 0.3) is 5.91 Å². The van der Waals surface area contributed by atoms with Crippen molar-refractivity contribution < 1.29 is 14.3 Å². The van der Waals surface area contributed by atoms with Gasteiger partial charge in [0, 0.05) is 18.0 Å². The van der Waals surface area contributed by atoms with Crippen LogP contribution in [0, 0.1) is 0 Å². The number of ketones is 1. The maximum Gasteiger partial charge on any atom is 0.258 e. The maximum absolute atomic E-state index is 11.9. The van der Waals surface area contributed by atoms with Gasteiger partial charge in [-0.3, -0.25) is 9.59 Å². The fraction of sp³-hybridized carbons (Fsp3) is 0.556. The Bertz CT molecular complexity index is 488. The van der Waals surface area contributed by atoms with Crippen LogP contribution in [0.5, 0.6) is 5.75 Å². The van der Waals surface area contributed by atoms with Crippen LogP contribution in [0.2, 0.25) is 0 Å². The fourth-order valence-electron chi connectivity index (χ4n) is 2.78. The molecule has 1 aromatic carbocycles. The van der Waals surface area contributed by atoms with Crippen molar-refractivity contribution in [3.8, 4) is 5.75 Å². The van der Waals surface area contributed by atoms with Crippen molar-refractivity contribution >= 4 is 11.7 Å². The van der Waals surface area contributed by atoms with Gasteiger partial charge in [-0.05, 0) is 37.1 Å². The summed E-state index contributed by atoms with van der Waals surface area (Å²) in [4.78, 5) is 23.5. The van der Waals surface area contributed by atoms with E-state index < -0.39 is 0 Å². The lowest BCUT2D eigenvalue weighted by Gasteiger charge is -2.16. The first-order valence-electron chi connectivity index (χ1n) is 8.24. The lowest BCUT2D eigenvalue weighted by Crippen LogP contribution is -2.37. The second kappa shape index (κ2) is 8.57. The van der Waals surface area contributed by atoms with E-state index in [2.05, 4.69) is 5.32 Å². The van der Waals surface area contributed by atoms with E-state index in [0.29, 0.717) is 23.8 Å². The van der Waals surface area contributed by atoms with Crippen molar-refractivity contribution in [1.82, 2.24) is 5.32 Å². The quantitative estimate of drug-likeness (QED) is 0.646. The van der Waals surface area contributed by atoms with Crippen LogP contribution in [-0.4, -0.2) is 24.3 Å². The summed E-state index contributed by atoms with van der Waals surface area (Å²) in [6, 6.07) is 7.25. The molecule has 0 spiro atoms. The van der Waals surface area contributed by atoms with E-state index in [0.717, 1.165) is 12.8 Å². The van der Waals surface area contributed by atoms with E-state index in [1.165, 1.54) is 25.7 Å². The summed E-state index contributed by atoms with van der Waals surface area (Å²) in [5, 5.41) is 3.05. The van der Waals surface area contributed by atoms with Gasteiger partial charge < -0.3 is 10.1 Å². The minimum Gasteiger partial charge on any atom is -0.484 e. The number of ether oxygens (including phenoxy) is 1. The Kier molecular flexibility index (Phi) is 6.44. The molecule has 1 fully saturated rings. The third kappa shape index (κ3) is 5.17. The Morgan fingerprint density at radius 3 is 2.32 bits per heavy atom. The molecule has 1 saturated carbocycles. The minimum atomic E-state index is -0.0689. The molecular formula is C18H25NO3. The molecule has 1 N–H and O–H groups in total. The molecule has 1 aromatic rings. The van der Waals surface area contributed by atoms with Gasteiger partial charge in [-0.2, -0.15) is 0 Å². The molecular weight excluding hydrogens is 278 g/mol. The van der Waals surface area contributed by atoms with Crippen molar-refractivity contribution in [2.45, 2.75) is 57.9 Å². The normalized spacial score (nSPS) is 15.9. The van der Waals surface area contributed by atoms with Gasteiger partial charge in [0.15, 0.2) is 12.4 Å². The lowest BCUT2D eigenvalue weighted by atomic mass is 10.1. The average molecular weight is 303 g/mol.